The first-order chi connectivity index (χ1) is 8.95. The number of amides is 4. The molecule has 98 valence electrons. The van der Waals surface area contributed by atoms with E-state index in [-0.39, 0.29) is 5.69 Å². The number of barbiturate groups is 1. The Morgan fingerprint density at radius 2 is 1.95 bits per heavy atom. The summed E-state index contributed by atoms with van der Waals surface area (Å²) in [5.74, 6) is -1.46. The van der Waals surface area contributed by atoms with Gasteiger partial charge in [0, 0.05) is 0 Å². The number of nitrogens with one attached hydrogen (secondary N) is 1. The van der Waals surface area contributed by atoms with Gasteiger partial charge in [-0.2, -0.15) is 0 Å². The van der Waals surface area contributed by atoms with Crippen LogP contribution in [0.1, 0.15) is 18.4 Å². The molecule has 0 bridgehead atoms. The summed E-state index contributed by atoms with van der Waals surface area (Å²) in [4.78, 5) is 36.7. The van der Waals surface area contributed by atoms with Crippen LogP contribution in [0.15, 0.2) is 18.2 Å². The van der Waals surface area contributed by atoms with Crippen molar-refractivity contribution in [3.8, 4) is 0 Å². The Morgan fingerprint density at radius 3 is 2.53 bits per heavy atom. The van der Waals surface area contributed by atoms with Crippen molar-refractivity contribution in [2.75, 3.05) is 4.90 Å². The number of rotatable bonds is 1. The summed E-state index contributed by atoms with van der Waals surface area (Å²) in [6.07, 6.45) is 0.892. The average molecular weight is 262 g/mol. The minimum Gasteiger partial charge on any atom is -0.276 e. The fourth-order valence-corrected chi connectivity index (χ4v) is 2.24. The maximum atomic E-state index is 13.2. The van der Waals surface area contributed by atoms with Crippen molar-refractivity contribution >= 4 is 23.5 Å². The first-order valence-electron chi connectivity index (χ1n) is 5.92. The number of carbonyl (C=O) groups excluding carboxylic acids is 3. The number of halogens is 1. The molecule has 0 unspecified atom stereocenters. The van der Waals surface area contributed by atoms with Crippen LogP contribution in [0, 0.1) is 18.2 Å². The van der Waals surface area contributed by atoms with E-state index < -0.39 is 29.1 Å². The highest BCUT2D eigenvalue weighted by atomic mass is 19.1. The topological polar surface area (TPSA) is 66.5 Å². The van der Waals surface area contributed by atoms with Crippen molar-refractivity contribution in [2.24, 2.45) is 5.41 Å². The molecular formula is C13H11FN2O3. The molecule has 0 atom stereocenters. The van der Waals surface area contributed by atoms with Crippen LogP contribution >= 0.6 is 0 Å². The minimum atomic E-state index is -1.09. The van der Waals surface area contributed by atoms with Gasteiger partial charge < -0.3 is 0 Å². The molecule has 1 saturated heterocycles. The number of anilines is 1. The van der Waals surface area contributed by atoms with E-state index in [2.05, 4.69) is 5.32 Å². The Morgan fingerprint density at radius 1 is 1.26 bits per heavy atom. The highest BCUT2D eigenvalue weighted by molar-refractivity contribution is 6.31. The fraction of sp³-hybridized carbons (Fsp3) is 0.308. The lowest BCUT2D eigenvalue weighted by molar-refractivity contribution is -0.136. The zero-order valence-corrected chi connectivity index (χ0v) is 10.2. The molecule has 6 heteroatoms. The third-order valence-corrected chi connectivity index (χ3v) is 3.62. The number of nitrogens with zero attached hydrogens (tertiary/aromatic N) is 1. The molecule has 1 saturated carbocycles. The largest absolute Gasteiger partial charge is 0.335 e. The van der Waals surface area contributed by atoms with Gasteiger partial charge in [-0.05, 0) is 43.5 Å². The molecule has 1 aromatic rings. The van der Waals surface area contributed by atoms with E-state index in [0.717, 1.165) is 4.90 Å². The Balaban J connectivity index is 2.03. The molecule has 1 spiro atoms. The molecule has 4 amide bonds. The van der Waals surface area contributed by atoms with Crippen LogP contribution in [0.3, 0.4) is 0 Å². The first kappa shape index (κ1) is 11.8. The average Bonchev–Trinajstić information content (AvgIpc) is 3.13. The maximum Gasteiger partial charge on any atom is 0.335 e. The van der Waals surface area contributed by atoms with Crippen LogP contribution in [0.5, 0.6) is 0 Å². The molecular weight excluding hydrogens is 251 g/mol. The van der Waals surface area contributed by atoms with E-state index in [1.54, 1.807) is 6.92 Å². The summed E-state index contributed by atoms with van der Waals surface area (Å²) in [5, 5.41) is 2.18. The van der Waals surface area contributed by atoms with Gasteiger partial charge in [-0.15, -0.1) is 0 Å². The van der Waals surface area contributed by atoms with Gasteiger partial charge in [-0.3, -0.25) is 14.9 Å². The van der Waals surface area contributed by atoms with Crippen LogP contribution in [-0.2, 0) is 9.59 Å². The van der Waals surface area contributed by atoms with Gasteiger partial charge in [0.15, 0.2) is 0 Å². The normalized spacial score (nSPS) is 20.7. The number of hydrogen-bond donors (Lipinski definition) is 1. The molecule has 5 nitrogen and oxygen atoms in total. The van der Waals surface area contributed by atoms with E-state index in [1.807, 2.05) is 0 Å². The smallest absolute Gasteiger partial charge is 0.276 e. The molecule has 2 aliphatic rings. The van der Waals surface area contributed by atoms with Crippen LogP contribution < -0.4 is 10.2 Å². The van der Waals surface area contributed by atoms with Gasteiger partial charge in [-0.1, -0.05) is 0 Å². The van der Waals surface area contributed by atoms with Crippen molar-refractivity contribution in [3.63, 3.8) is 0 Å². The summed E-state index contributed by atoms with van der Waals surface area (Å²) in [5.41, 5.74) is -0.476. The van der Waals surface area contributed by atoms with Crippen LogP contribution in [0.2, 0.25) is 0 Å². The SMILES string of the molecule is Cc1cc(N2C(=O)NC(=O)C3(CC3)C2=O)ccc1F. The number of imide groups is 2. The van der Waals surface area contributed by atoms with Crippen molar-refractivity contribution in [1.82, 2.24) is 5.32 Å². The quantitative estimate of drug-likeness (QED) is 0.780. The van der Waals surface area contributed by atoms with E-state index >= 15 is 0 Å². The standard InChI is InChI=1S/C13H11FN2O3/c1-7-6-8(2-3-9(7)14)16-11(18)13(4-5-13)10(17)15-12(16)19/h2-3,6H,4-5H2,1H3,(H,15,17,19). The van der Waals surface area contributed by atoms with Gasteiger partial charge >= 0.3 is 6.03 Å². The Bertz CT molecular complexity index is 622. The third-order valence-electron chi connectivity index (χ3n) is 3.62. The molecule has 1 aliphatic carbocycles. The second-order valence-corrected chi connectivity index (χ2v) is 4.92. The molecule has 1 aliphatic heterocycles. The summed E-state index contributed by atoms with van der Waals surface area (Å²) >= 11 is 0. The van der Waals surface area contributed by atoms with Crippen LogP contribution in [0.4, 0.5) is 14.9 Å². The molecule has 1 N–H and O–H groups in total. The van der Waals surface area contributed by atoms with Gasteiger partial charge in [0.1, 0.15) is 11.2 Å². The van der Waals surface area contributed by atoms with E-state index in [4.69, 9.17) is 0 Å². The molecule has 19 heavy (non-hydrogen) atoms. The van der Waals surface area contributed by atoms with Crippen LogP contribution in [0.25, 0.3) is 0 Å². The van der Waals surface area contributed by atoms with Gasteiger partial charge in [-0.25, -0.2) is 14.1 Å². The maximum absolute atomic E-state index is 13.2. The number of urea groups is 1. The number of aryl methyl sites for hydroxylation is 1. The summed E-state index contributed by atoms with van der Waals surface area (Å²) in [6, 6.07) is 3.18. The monoisotopic (exact) mass is 262 g/mol. The Hall–Kier alpha value is -2.24. The van der Waals surface area contributed by atoms with Gasteiger partial charge in [0.05, 0.1) is 5.69 Å². The van der Waals surface area contributed by atoms with E-state index in [0.29, 0.717) is 18.4 Å². The zero-order valence-electron chi connectivity index (χ0n) is 10.2. The molecule has 1 heterocycles. The summed E-state index contributed by atoms with van der Waals surface area (Å²) in [6.45, 7) is 1.54. The highest BCUT2D eigenvalue weighted by Crippen LogP contribution is 2.49. The third kappa shape index (κ3) is 1.56. The van der Waals surface area contributed by atoms with Crippen molar-refractivity contribution in [3.05, 3.63) is 29.6 Å². The second kappa shape index (κ2) is 3.63. The molecule has 0 aromatic heterocycles. The van der Waals surface area contributed by atoms with Crippen molar-refractivity contribution < 1.29 is 18.8 Å². The molecule has 3 rings (SSSR count). The predicted octanol–water partition coefficient (Wildman–Crippen LogP) is 1.50. The van der Waals surface area contributed by atoms with Crippen molar-refractivity contribution in [2.45, 2.75) is 19.8 Å². The molecule has 1 aromatic carbocycles. The molecule has 2 fully saturated rings. The summed E-state index contributed by atoms with van der Waals surface area (Å²) < 4.78 is 13.2. The number of hydrogen-bond acceptors (Lipinski definition) is 3. The second-order valence-electron chi connectivity index (χ2n) is 4.92. The first-order valence-corrected chi connectivity index (χ1v) is 5.92. The lowest BCUT2D eigenvalue weighted by Gasteiger charge is -2.30. The minimum absolute atomic E-state index is 0.278. The highest BCUT2D eigenvalue weighted by Gasteiger charge is 2.62. The van der Waals surface area contributed by atoms with E-state index in [9.17, 15) is 18.8 Å². The van der Waals surface area contributed by atoms with Crippen molar-refractivity contribution in [1.29, 1.82) is 0 Å². The lowest BCUT2D eigenvalue weighted by atomic mass is 10.0. The number of carbonyl (C=O) groups is 3. The van der Waals surface area contributed by atoms with Crippen LogP contribution in [-0.4, -0.2) is 17.8 Å². The fourth-order valence-electron chi connectivity index (χ4n) is 2.24. The Kier molecular flexibility index (Phi) is 2.26. The van der Waals surface area contributed by atoms with Gasteiger partial charge in [0.25, 0.3) is 5.91 Å². The lowest BCUT2D eigenvalue weighted by Crippen LogP contribution is -2.59. The summed E-state index contributed by atoms with van der Waals surface area (Å²) in [7, 11) is 0. The predicted molar refractivity (Wildman–Crippen MR) is 63.8 cm³/mol. The number of benzene rings is 1. The Labute approximate surface area is 108 Å². The van der Waals surface area contributed by atoms with Gasteiger partial charge in [0.2, 0.25) is 5.91 Å². The van der Waals surface area contributed by atoms with E-state index in [1.165, 1.54) is 18.2 Å². The molecule has 0 radical (unpaired) electrons. The zero-order chi connectivity index (χ0) is 13.8.